The molecular formula is C7H9NO2S. The summed E-state index contributed by atoms with van der Waals surface area (Å²) in [5.41, 5.74) is 7.05. The van der Waals surface area contributed by atoms with Crippen molar-refractivity contribution in [3.63, 3.8) is 0 Å². The zero-order valence-corrected chi connectivity index (χ0v) is 7.20. The molecule has 1 aromatic rings. The van der Waals surface area contributed by atoms with Gasteiger partial charge in [-0.1, -0.05) is 0 Å². The van der Waals surface area contributed by atoms with Crippen LogP contribution in [0.3, 0.4) is 0 Å². The van der Waals surface area contributed by atoms with Crippen LogP contribution in [-0.4, -0.2) is 5.97 Å². The van der Waals surface area contributed by atoms with E-state index in [4.69, 9.17) is 10.5 Å². The van der Waals surface area contributed by atoms with E-state index in [1.165, 1.54) is 18.3 Å². The minimum atomic E-state index is -0.310. The van der Waals surface area contributed by atoms with Crippen molar-refractivity contribution in [1.29, 1.82) is 0 Å². The van der Waals surface area contributed by atoms with Crippen LogP contribution in [0.15, 0.2) is 5.38 Å². The topological polar surface area (TPSA) is 52.3 Å². The number of anilines is 1. The van der Waals surface area contributed by atoms with Gasteiger partial charge in [0.15, 0.2) is 5.06 Å². The number of nitrogens with two attached hydrogens (primary N) is 1. The number of rotatable bonds is 1. The fourth-order valence-corrected chi connectivity index (χ4v) is 1.51. The predicted octanol–water partition coefficient (Wildman–Crippen LogP) is 1.56. The lowest BCUT2D eigenvalue weighted by Crippen LogP contribution is -2.00. The first kappa shape index (κ1) is 8.07. The van der Waals surface area contributed by atoms with Gasteiger partial charge >= 0.3 is 5.97 Å². The van der Waals surface area contributed by atoms with Gasteiger partial charge in [0.2, 0.25) is 0 Å². The molecule has 0 atom stereocenters. The first-order valence-electron chi connectivity index (χ1n) is 3.13. The van der Waals surface area contributed by atoms with Crippen LogP contribution in [0, 0.1) is 6.92 Å². The van der Waals surface area contributed by atoms with E-state index in [2.05, 4.69) is 0 Å². The average Bonchev–Trinajstić information content (AvgIpc) is 2.18. The van der Waals surface area contributed by atoms with Crippen molar-refractivity contribution in [3.05, 3.63) is 10.9 Å². The molecule has 0 spiro atoms. The first-order valence-corrected chi connectivity index (χ1v) is 4.01. The predicted molar refractivity (Wildman–Crippen MR) is 44.8 cm³/mol. The van der Waals surface area contributed by atoms with Crippen LogP contribution in [0.2, 0.25) is 0 Å². The lowest BCUT2D eigenvalue weighted by Gasteiger charge is -1.97. The molecule has 4 heteroatoms. The van der Waals surface area contributed by atoms with Crippen LogP contribution in [0.5, 0.6) is 5.06 Å². The summed E-state index contributed by atoms with van der Waals surface area (Å²) in [7, 11) is 0. The van der Waals surface area contributed by atoms with Crippen molar-refractivity contribution < 1.29 is 9.53 Å². The van der Waals surface area contributed by atoms with Crippen LogP contribution in [-0.2, 0) is 4.79 Å². The third kappa shape index (κ3) is 1.71. The van der Waals surface area contributed by atoms with Gasteiger partial charge in [-0.3, -0.25) is 4.79 Å². The SMILES string of the molecule is CC(=O)Oc1scc(N)c1C. The highest BCUT2D eigenvalue weighted by Gasteiger charge is 2.06. The molecule has 0 saturated heterocycles. The minimum absolute atomic E-state index is 0.310. The summed E-state index contributed by atoms with van der Waals surface area (Å²) in [6, 6.07) is 0. The number of hydrogen-bond donors (Lipinski definition) is 1. The largest absolute Gasteiger partial charge is 0.415 e. The van der Waals surface area contributed by atoms with Gasteiger partial charge in [-0.15, -0.1) is 11.3 Å². The number of thiophene rings is 1. The van der Waals surface area contributed by atoms with Gasteiger partial charge in [-0.2, -0.15) is 0 Å². The maximum absolute atomic E-state index is 10.5. The van der Waals surface area contributed by atoms with Crippen molar-refractivity contribution in [1.82, 2.24) is 0 Å². The Morgan fingerprint density at radius 3 is 2.73 bits per heavy atom. The van der Waals surface area contributed by atoms with Gasteiger partial charge in [-0.05, 0) is 6.92 Å². The fourth-order valence-electron chi connectivity index (χ4n) is 0.643. The smallest absolute Gasteiger partial charge is 0.308 e. The molecule has 0 bridgehead atoms. The molecule has 0 aliphatic heterocycles. The normalized spacial score (nSPS) is 9.64. The van der Waals surface area contributed by atoms with E-state index in [1.54, 1.807) is 5.38 Å². The van der Waals surface area contributed by atoms with Crippen molar-refractivity contribution in [2.24, 2.45) is 0 Å². The molecule has 0 aliphatic carbocycles. The number of hydrogen-bond acceptors (Lipinski definition) is 4. The second-order valence-corrected chi connectivity index (χ2v) is 3.04. The third-order valence-electron chi connectivity index (χ3n) is 1.27. The number of carbonyl (C=O) groups is 1. The Morgan fingerprint density at radius 1 is 1.73 bits per heavy atom. The van der Waals surface area contributed by atoms with Gasteiger partial charge in [0.1, 0.15) is 0 Å². The quantitative estimate of drug-likeness (QED) is 0.652. The minimum Gasteiger partial charge on any atom is -0.415 e. The van der Waals surface area contributed by atoms with Crippen LogP contribution in [0.4, 0.5) is 5.69 Å². The van der Waals surface area contributed by atoms with Crippen LogP contribution >= 0.6 is 11.3 Å². The molecule has 3 nitrogen and oxygen atoms in total. The van der Waals surface area contributed by atoms with Gasteiger partial charge in [0, 0.05) is 23.6 Å². The standard InChI is InChI=1S/C7H9NO2S/c1-4-6(8)3-11-7(4)10-5(2)9/h3H,8H2,1-2H3. The molecule has 0 aromatic carbocycles. The number of ether oxygens (including phenoxy) is 1. The van der Waals surface area contributed by atoms with E-state index in [0.717, 1.165) is 5.56 Å². The highest BCUT2D eigenvalue weighted by molar-refractivity contribution is 7.12. The summed E-state index contributed by atoms with van der Waals surface area (Å²) in [6.45, 7) is 3.19. The number of esters is 1. The molecule has 1 aromatic heterocycles. The summed E-state index contributed by atoms with van der Waals surface area (Å²) >= 11 is 1.34. The Bertz CT molecular complexity index is 280. The van der Waals surface area contributed by atoms with Crippen LogP contribution in [0.1, 0.15) is 12.5 Å². The van der Waals surface area contributed by atoms with Crippen molar-refractivity contribution in [3.8, 4) is 5.06 Å². The molecule has 2 N–H and O–H groups in total. The van der Waals surface area contributed by atoms with E-state index in [0.29, 0.717) is 10.8 Å². The fraction of sp³-hybridized carbons (Fsp3) is 0.286. The van der Waals surface area contributed by atoms with Crippen LogP contribution in [0.25, 0.3) is 0 Å². The van der Waals surface area contributed by atoms with Crippen molar-refractivity contribution in [2.75, 3.05) is 5.73 Å². The molecule has 60 valence electrons. The first-order chi connectivity index (χ1) is 5.11. The van der Waals surface area contributed by atoms with E-state index in [9.17, 15) is 4.79 Å². The van der Waals surface area contributed by atoms with Crippen molar-refractivity contribution in [2.45, 2.75) is 13.8 Å². The van der Waals surface area contributed by atoms with Crippen molar-refractivity contribution >= 4 is 23.0 Å². The lowest BCUT2D eigenvalue weighted by atomic mass is 10.3. The highest BCUT2D eigenvalue weighted by Crippen LogP contribution is 2.31. The zero-order chi connectivity index (χ0) is 8.43. The molecule has 0 radical (unpaired) electrons. The molecule has 1 heterocycles. The lowest BCUT2D eigenvalue weighted by molar-refractivity contribution is -0.131. The van der Waals surface area contributed by atoms with E-state index in [1.807, 2.05) is 6.92 Å². The molecule has 0 unspecified atom stereocenters. The third-order valence-corrected chi connectivity index (χ3v) is 2.24. The Hall–Kier alpha value is -1.03. The monoisotopic (exact) mass is 171 g/mol. The van der Waals surface area contributed by atoms with Gasteiger partial charge in [0.25, 0.3) is 0 Å². The summed E-state index contributed by atoms with van der Waals surface area (Å²) in [4.78, 5) is 10.5. The van der Waals surface area contributed by atoms with Crippen LogP contribution < -0.4 is 10.5 Å². The molecule has 0 fully saturated rings. The molecule has 0 amide bonds. The molecule has 1 rings (SSSR count). The Kier molecular flexibility index (Phi) is 2.14. The van der Waals surface area contributed by atoms with E-state index < -0.39 is 0 Å². The van der Waals surface area contributed by atoms with E-state index >= 15 is 0 Å². The maximum atomic E-state index is 10.5. The molecule has 0 aliphatic rings. The number of nitrogen functional groups attached to an aromatic ring is 1. The van der Waals surface area contributed by atoms with Gasteiger partial charge < -0.3 is 10.5 Å². The zero-order valence-electron chi connectivity index (χ0n) is 6.38. The van der Waals surface area contributed by atoms with E-state index in [-0.39, 0.29) is 5.97 Å². The van der Waals surface area contributed by atoms with Gasteiger partial charge in [0.05, 0.1) is 0 Å². The molecular weight excluding hydrogens is 162 g/mol. The molecule has 11 heavy (non-hydrogen) atoms. The number of carbonyl (C=O) groups excluding carboxylic acids is 1. The second kappa shape index (κ2) is 2.92. The average molecular weight is 171 g/mol. The highest BCUT2D eigenvalue weighted by atomic mass is 32.1. The molecule has 0 saturated carbocycles. The summed E-state index contributed by atoms with van der Waals surface area (Å²) < 4.78 is 4.87. The second-order valence-electron chi connectivity index (χ2n) is 2.20. The summed E-state index contributed by atoms with van der Waals surface area (Å²) in [5, 5.41) is 2.35. The summed E-state index contributed by atoms with van der Waals surface area (Å²) in [5.74, 6) is -0.310. The Balaban J connectivity index is 2.87. The Morgan fingerprint density at radius 2 is 2.36 bits per heavy atom. The van der Waals surface area contributed by atoms with Gasteiger partial charge in [-0.25, -0.2) is 0 Å². The summed E-state index contributed by atoms with van der Waals surface area (Å²) in [6.07, 6.45) is 0. The maximum Gasteiger partial charge on any atom is 0.308 e. The Labute approximate surface area is 68.8 Å².